The van der Waals surface area contributed by atoms with E-state index in [0.29, 0.717) is 18.9 Å². The monoisotopic (exact) mass is 260 g/mol. The van der Waals surface area contributed by atoms with Gasteiger partial charge in [0.2, 0.25) is 0 Å². The van der Waals surface area contributed by atoms with Crippen LogP contribution in [-0.4, -0.2) is 43.6 Å². The highest BCUT2D eigenvalue weighted by Gasteiger charge is 2.21. The van der Waals surface area contributed by atoms with Gasteiger partial charge in [0, 0.05) is 24.7 Å². The number of ether oxygens (including phenoxy) is 3. The highest BCUT2D eigenvalue weighted by molar-refractivity contribution is 8.13. The van der Waals surface area contributed by atoms with Gasteiger partial charge in [-0.25, -0.2) is 0 Å². The molecule has 0 amide bonds. The maximum absolute atomic E-state index is 11.5. The van der Waals surface area contributed by atoms with Crippen LogP contribution < -0.4 is 0 Å². The molecule has 2 aliphatic heterocycles. The number of carbonyl (C=O) groups is 1. The van der Waals surface area contributed by atoms with E-state index in [1.54, 1.807) is 0 Å². The first-order valence-electron chi connectivity index (χ1n) is 6.31. The summed E-state index contributed by atoms with van der Waals surface area (Å²) in [6.45, 7) is 2.90. The molecule has 4 nitrogen and oxygen atoms in total. The van der Waals surface area contributed by atoms with Crippen LogP contribution in [0.3, 0.4) is 0 Å². The molecule has 2 fully saturated rings. The normalized spacial score (nSPS) is 25.5. The van der Waals surface area contributed by atoms with Gasteiger partial charge in [0.15, 0.2) is 11.4 Å². The Morgan fingerprint density at radius 1 is 1.35 bits per heavy atom. The third-order valence-corrected chi connectivity index (χ3v) is 3.81. The molecule has 98 valence electrons. The molecule has 2 heterocycles. The fourth-order valence-electron chi connectivity index (χ4n) is 1.87. The van der Waals surface area contributed by atoms with E-state index in [-0.39, 0.29) is 11.4 Å². The van der Waals surface area contributed by atoms with Crippen LogP contribution in [0.1, 0.15) is 25.7 Å². The molecule has 2 aliphatic rings. The Bertz CT molecular complexity index is 237. The summed E-state index contributed by atoms with van der Waals surface area (Å²) in [5.41, 5.74) is 0. The first-order chi connectivity index (χ1) is 8.34. The van der Waals surface area contributed by atoms with Gasteiger partial charge in [-0.15, -0.1) is 0 Å². The van der Waals surface area contributed by atoms with Gasteiger partial charge in [-0.2, -0.15) is 0 Å². The van der Waals surface area contributed by atoms with E-state index in [1.807, 2.05) is 0 Å². The van der Waals surface area contributed by atoms with Crippen LogP contribution >= 0.6 is 11.8 Å². The molecule has 0 aliphatic carbocycles. The Morgan fingerprint density at radius 3 is 2.88 bits per heavy atom. The zero-order chi connectivity index (χ0) is 11.9. The summed E-state index contributed by atoms with van der Waals surface area (Å²) in [6.07, 6.45) is 3.90. The van der Waals surface area contributed by atoms with Gasteiger partial charge in [0.1, 0.15) is 0 Å². The van der Waals surface area contributed by atoms with Gasteiger partial charge in [-0.1, -0.05) is 11.8 Å². The molecule has 2 saturated heterocycles. The van der Waals surface area contributed by atoms with Crippen molar-refractivity contribution in [1.29, 1.82) is 0 Å². The topological polar surface area (TPSA) is 44.8 Å². The maximum atomic E-state index is 11.5. The highest BCUT2D eigenvalue weighted by atomic mass is 32.2. The van der Waals surface area contributed by atoms with E-state index in [0.717, 1.165) is 38.4 Å². The van der Waals surface area contributed by atoms with Gasteiger partial charge in [-0.05, 0) is 19.3 Å². The Labute approximate surface area is 106 Å². The molecular formula is C12H20O4S. The van der Waals surface area contributed by atoms with Crippen molar-refractivity contribution in [3.63, 3.8) is 0 Å². The quantitative estimate of drug-likeness (QED) is 0.682. The molecular weight excluding hydrogens is 240 g/mol. The summed E-state index contributed by atoms with van der Waals surface area (Å²) in [4.78, 5) is 11.5. The van der Waals surface area contributed by atoms with Crippen molar-refractivity contribution in [3.05, 3.63) is 0 Å². The number of hydrogen-bond acceptors (Lipinski definition) is 5. The van der Waals surface area contributed by atoms with Crippen LogP contribution in [0.2, 0.25) is 0 Å². The lowest BCUT2D eigenvalue weighted by atomic mass is 10.1. The van der Waals surface area contributed by atoms with E-state index in [2.05, 4.69) is 0 Å². The molecule has 0 bridgehead atoms. The van der Waals surface area contributed by atoms with Crippen LogP contribution in [0.5, 0.6) is 0 Å². The third kappa shape index (κ3) is 4.95. The van der Waals surface area contributed by atoms with Crippen molar-refractivity contribution in [1.82, 2.24) is 0 Å². The van der Waals surface area contributed by atoms with Gasteiger partial charge >= 0.3 is 0 Å². The second-order valence-corrected chi connectivity index (χ2v) is 5.65. The van der Waals surface area contributed by atoms with Crippen molar-refractivity contribution in [2.24, 2.45) is 5.92 Å². The van der Waals surface area contributed by atoms with Crippen LogP contribution in [0, 0.1) is 5.92 Å². The molecule has 2 rings (SSSR count). The average Bonchev–Trinajstić information content (AvgIpc) is 2.31. The van der Waals surface area contributed by atoms with Crippen molar-refractivity contribution in [3.8, 4) is 0 Å². The predicted octanol–water partition coefficient (Wildman–Crippen LogP) is 1.83. The third-order valence-electron chi connectivity index (χ3n) is 2.95. The molecule has 1 unspecified atom stereocenters. The zero-order valence-corrected chi connectivity index (χ0v) is 10.9. The van der Waals surface area contributed by atoms with Gasteiger partial charge < -0.3 is 14.2 Å². The second-order valence-electron chi connectivity index (χ2n) is 4.49. The van der Waals surface area contributed by atoms with Crippen LogP contribution in [-0.2, 0) is 19.0 Å². The average molecular weight is 260 g/mol. The van der Waals surface area contributed by atoms with Gasteiger partial charge in [0.25, 0.3) is 0 Å². The minimum absolute atomic E-state index is 0.0421. The standard InChI is InChI=1S/C12H20O4S/c13-11(7-10-8-14-9-10)17-6-5-16-12-3-1-2-4-15-12/h10,12H,1-9H2. The summed E-state index contributed by atoms with van der Waals surface area (Å²) < 4.78 is 16.0. The summed E-state index contributed by atoms with van der Waals surface area (Å²) in [5.74, 6) is 1.18. The minimum atomic E-state index is -0.0421. The summed E-state index contributed by atoms with van der Waals surface area (Å²) >= 11 is 1.37. The summed E-state index contributed by atoms with van der Waals surface area (Å²) in [6, 6.07) is 0. The fraction of sp³-hybridized carbons (Fsp3) is 0.917. The molecule has 0 aromatic carbocycles. The van der Waals surface area contributed by atoms with Gasteiger partial charge in [0.05, 0.1) is 19.8 Å². The lowest BCUT2D eigenvalue weighted by molar-refractivity contribution is -0.158. The molecule has 0 radical (unpaired) electrons. The molecule has 0 aromatic heterocycles. The Kier molecular flexibility index (Phi) is 5.77. The molecule has 0 aromatic rings. The van der Waals surface area contributed by atoms with E-state index in [9.17, 15) is 4.79 Å². The minimum Gasteiger partial charge on any atom is -0.381 e. The molecule has 0 N–H and O–H groups in total. The second kappa shape index (κ2) is 7.36. The van der Waals surface area contributed by atoms with E-state index >= 15 is 0 Å². The van der Waals surface area contributed by atoms with Gasteiger partial charge in [-0.3, -0.25) is 4.79 Å². The number of thioether (sulfide) groups is 1. The van der Waals surface area contributed by atoms with E-state index in [1.165, 1.54) is 18.2 Å². The lowest BCUT2D eigenvalue weighted by Gasteiger charge is -2.25. The molecule has 0 spiro atoms. The SMILES string of the molecule is O=C(CC1COC1)SCCOC1CCCCO1. The van der Waals surface area contributed by atoms with Crippen LogP contribution in [0.25, 0.3) is 0 Å². The smallest absolute Gasteiger partial charge is 0.189 e. The lowest BCUT2D eigenvalue weighted by Crippen LogP contribution is -2.29. The van der Waals surface area contributed by atoms with Crippen molar-refractivity contribution in [2.75, 3.05) is 32.2 Å². The summed E-state index contributed by atoms with van der Waals surface area (Å²) in [5, 5.41) is 0.256. The van der Waals surface area contributed by atoms with Crippen molar-refractivity contribution in [2.45, 2.75) is 32.0 Å². The number of rotatable bonds is 6. The van der Waals surface area contributed by atoms with Crippen molar-refractivity contribution >= 4 is 16.9 Å². The largest absolute Gasteiger partial charge is 0.381 e. The number of hydrogen-bond donors (Lipinski definition) is 0. The zero-order valence-electron chi connectivity index (χ0n) is 10.1. The van der Waals surface area contributed by atoms with Crippen molar-refractivity contribution < 1.29 is 19.0 Å². The Morgan fingerprint density at radius 2 is 2.24 bits per heavy atom. The Balaban J connectivity index is 1.45. The Hall–Kier alpha value is -0.100. The predicted molar refractivity (Wildman–Crippen MR) is 65.9 cm³/mol. The number of carbonyl (C=O) groups excluding carboxylic acids is 1. The van der Waals surface area contributed by atoms with Crippen LogP contribution in [0.4, 0.5) is 0 Å². The van der Waals surface area contributed by atoms with Crippen LogP contribution in [0.15, 0.2) is 0 Å². The summed E-state index contributed by atoms with van der Waals surface area (Å²) in [7, 11) is 0. The molecule has 17 heavy (non-hydrogen) atoms. The van der Waals surface area contributed by atoms with E-state index < -0.39 is 0 Å². The first kappa shape index (κ1) is 13.3. The van der Waals surface area contributed by atoms with E-state index in [4.69, 9.17) is 14.2 Å². The highest BCUT2D eigenvalue weighted by Crippen LogP contribution is 2.19. The fourth-order valence-corrected chi connectivity index (χ4v) is 2.64. The molecule has 1 atom stereocenters. The molecule has 0 saturated carbocycles. The maximum Gasteiger partial charge on any atom is 0.189 e. The first-order valence-corrected chi connectivity index (χ1v) is 7.30. The molecule has 5 heteroatoms.